The zero-order valence-electron chi connectivity index (χ0n) is 15.6. The van der Waals surface area contributed by atoms with Crippen molar-refractivity contribution < 1.29 is 14.3 Å². The SMILES string of the molecule is COc1ccccc1N[C@@H](C#Cc1ccccc1)CC(=O)Oc1ccccc1. The highest BCUT2D eigenvalue weighted by Crippen LogP contribution is 2.24. The van der Waals surface area contributed by atoms with Crippen LogP contribution in [0.25, 0.3) is 0 Å². The predicted molar refractivity (Wildman–Crippen MR) is 110 cm³/mol. The van der Waals surface area contributed by atoms with Crippen LogP contribution in [0, 0.1) is 11.8 Å². The van der Waals surface area contributed by atoms with Crippen molar-refractivity contribution in [3.05, 3.63) is 90.5 Å². The maximum Gasteiger partial charge on any atom is 0.314 e. The average molecular weight is 371 g/mol. The Bertz CT molecular complexity index is 959. The normalized spacial score (nSPS) is 10.9. The minimum absolute atomic E-state index is 0.0901. The van der Waals surface area contributed by atoms with Gasteiger partial charge in [0.15, 0.2) is 0 Å². The summed E-state index contributed by atoms with van der Waals surface area (Å²) in [6.45, 7) is 0. The van der Waals surface area contributed by atoms with E-state index in [9.17, 15) is 4.79 Å². The fourth-order valence-corrected chi connectivity index (χ4v) is 2.61. The molecular formula is C24H21NO3. The van der Waals surface area contributed by atoms with E-state index in [4.69, 9.17) is 9.47 Å². The van der Waals surface area contributed by atoms with Gasteiger partial charge >= 0.3 is 5.97 Å². The summed E-state index contributed by atoms with van der Waals surface area (Å²) in [5, 5.41) is 3.29. The first-order valence-corrected chi connectivity index (χ1v) is 8.96. The summed E-state index contributed by atoms with van der Waals surface area (Å²) in [5.41, 5.74) is 1.65. The second-order valence-corrected chi connectivity index (χ2v) is 6.02. The van der Waals surface area contributed by atoms with E-state index in [2.05, 4.69) is 17.2 Å². The molecular weight excluding hydrogens is 350 g/mol. The van der Waals surface area contributed by atoms with Crippen molar-refractivity contribution in [2.45, 2.75) is 12.5 Å². The van der Waals surface area contributed by atoms with Crippen LogP contribution >= 0.6 is 0 Å². The largest absolute Gasteiger partial charge is 0.495 e. The highest BCUT2D eigenvalue weighted by Gasteiger charge is 2.15. The summed E-state index contributed by atoms with van der Waals surface area (Å²) in [6, 6.07) is 25.7. The van der Waals surface area contributed by atoms with Crippen molar-refractivity contribution in [3.63, 3.8) is 0 Å². The molecule has 0 saturated carbocycles. The molecule has 1 N–H and O–H groups in total. The second-order valence-electron chi connectivity index (χ2n) is 6.02. The van der Waals surface area contributed by atoms with Crippen molar-refractivity contribution in [3.8, 4) is 23.3 Å². The third-order valence-corrected chi connectivity index (χ3v) is 3.95. The number of rotatable bonds is 6. The number of carbonyl (C=O) groups excluding carboxylic acids is 1. The molecule has 0 radical (unpaired) electrons. The van der Waals surface area contributed by atoms with Gasteiger partial charge in [0.1, 0.15) is 11.5 Å². The van der Waals surface area contributed by atoms with Gasteiger partial charge in [-0.3, -0.25) is 4.79 Å². The van der Waals surface area contributed by atoms with E-state index in [0.717, 1.165) is 11.3 Å². The molecule has 4 heteroatoms. The number of para-hydroxylation sites is 3. The van der Waals surface area contributed by atoms with Gasteiger partial charge in [-0.05, 0) is 36.4 Å². The van der Waals surface area contributed by atoms with E-state index in [1.54, 1.807) is 19.2 Å². The highest BCUT2D eigenvalue weighted by atomic mass is 16.5. The molecule has 0 bridgehead atoms. The number of methoxy groups -OCH3 is 1. The molecule has 0 aliphatic carbocycles. The van der Waals surface area contributed by atoms with Gasteiger partial charge in [-0.15, -0.1) is 0 Å². The van der Waals surface area contributed by atoms with Crippen LogP contribution in [0.5, 0.6) is 11.5 Å². The van der Waals surface area contributed by atoms with Crippen molar-refractivity contribution in [1.29, 1.82) is 0 Å². The van der Waals surface area contributed by atoms with Gasteiger partial charge in [0.2, 0.25) is 0 Å². The van der Waals surface area contributed by atoms with Crippen LogP contribution in [-0.4, -0.2) is 19.1 Å². The van der Waals surface area contributed by atoms with Gasteiger partial charge in [0.25, 0.3) is 0 Å². The summed E-state index contributed by atoms with van der Waals surface area (Å²) in [4.78, 5) is 12.4. The lowest BCUT2D eigenvalue weighted by Gasteiger charge is -2.16. The molecule has 0 heterocycles. The van der Waals surface area contributed by atoms with Gasteiger partial charge in [0, 0.05) is 5.56 Å². The quantitative estimate of drug-likeness (QED) is 0.393. The molecule has 1 atom stereocenters. The number of hydrogen-bond acceptors (Lipinski definition) is 4. The van der Waals surface area contributed by atoms with Gasteiger partial charge in [-0.25, -0.2) is 0 Å². The number of carbonyl (C=O) groups is 1. The fourth-order valence-electron chi connectivity index (χ4n) is 2.61. The molecule has 4 nitrogen and oxygen atoms in total. The summed E-state index contributed by atoms with van der Waals surface area (Å²) < 4.78 is 10.8. The van der Waals surface area contributed by atoms with Crippen molar-refractivity contribution in [2.75, 3.05) is 12.4 Å². The Balaban J connectivity index is 1.77. The van der Waals surface area contributed by atoms with E-state index >= 15 is 0 Å². The van der Waals surface area contributed by atoms with Crippen molar-refractivity contribution in [2.24, 2.45) is 0 Å². The Morgan fingerprint density at radius 3 is 2.29 bits per heavy atom. The number of hydrogen-bond donors (Lipinski definition) is 1. The van der Waals surface area contributed by atoms with Gasteiger partial charge in [-0.2, -0.15) is 0 Å². The molecule has 3 aromatic carbocycles. The fraction of sp³-hybridized carbons (Fsp3) is 0.125. The van der Waals surface area contributed by atoms with Crippen molar-refractivity contribution in [1.82, 2.24) is 0 Å². The Morgan fingerprint density at radius 1 is 0.929 bits per heavy atom. The molecule has 0 aliphatic rings. The molecule has 0 saturated heterocycles. The minimum atomic E-state index is -0.437. The van der Waals surface area contributed by atoms with E-state index in [-0.39, 0.29) is 12.4 Å². The van der Waals surface area contributed by atoms with Crippen LogP contribution in [0.1, 0.15) is 12.0 Å². The molecule has 0 aromatic heterocycles. The molecule has 3 rings (SSSR count). The maximum absolute atomic E-state index is 12.4. The summed E-state index contributed by atoms with van der Waals surface area (Å²) in [7, 11) is 1.61. The lowest BCUT2D eigenvalue weighted by atomic mass is 10.1. The lowest BCUT2D eigenvalue weighted by molar-refractivity contribution is -0.134. The van der Waals surface area contributed by atoms with Crippen molar-refractivity contribution >= 4 is 11.7 Å². The minimum Gasteiger partial charge on any atom is -0.495 e. The first-order chi connectivity index (χ1) is 13.7. The number of esters is 1. The van der Waals surface area contributed by atoms with Crippen LogP contribution in [0.15, 0.2) is 84.9 Å². The number of nitrogens with one attached hydrogen (secondary N) is 1. The number of ether oxygens (including phenoxy) is 2. The first-order valence-electron chi connectivity index (χ1n) is 8.96. The predicted octanol–water partition coefficient (Wildman–Crippen LogP) is 4.52. The van der Waals surface area contributed by atoms with Gasteiger partial charge < -0.3 is 14.8 Å². The lowest BCUT2D eigenvalue weighted by Crippen LogP contribution is -2.24. The Labute approximate surface area is 165 Å². The molecule has 0 unspecified atom stereocenters. The number of anilines is 1. The van der Waals surface area contributed by atoms with Gasteiger partial charge in [-0.1, -0.05) is 60.4 Å². The zero-order valence-corrected chi connectivity index (χ0v) is 15.6. The van der Waals surface area contributed by atoms with Gasteiger partial charge in [0.05, 0.1) is 25.3 Å². The summed E-state index contributed by atoms with van der Waals surface area (Å²) in [6.07, 6.45) is 0.0901. The third kappa shape index (κ3) is 5.65. The second kappa shape index (κ2) is 9.84. The average Bonchev–Trinajstić information content (AvgIpc) is 2.74. The van der Waals surface area contributed by atoms with Crippen LogP contribution < -0.4 is 14.8 Å². The number of benzene rings is 3. The topological polar surface area (TPSA) is 47.6 Å². The van der Waals surface area contributed by atoms with E-state index in [1.807, 2.05) is 72.8 Å². The molecule has 0 spiro atoms. The monoisotopic (exact) mass is 371 g/mol. The van der Waals surface area contributed by atoms with E-state index in [0.29, 0.717) is 11.5 Å². The van der Waals surface area contributed by atoms with E-state index in [1.165, 1.54) is 0 Å². The molecule has 3 aromatic rings. The maximum atomic E-state index is 12.4. The standard InChI is InChI=1S/C24H21NO3/c1-27-23-15-9-8-14-22(23)25-20(17-16-19-10-4-2-5-11-19)18-24(26)28-21-12-6-3-7-13-21/h2-15,20,25H,18H2,1H3/t20-/m0/s1. The highest BCUT2D eigenvalue weighted by molar-refractivity contribution is 5.74. The molecule has 0 aliphatic heterocycles. The smallest absolute Gasteiger partial charge is 0.314 e. The zero-order chi connectivity index (χ0) is 19.6. The Hall–Kier alpha value is -3.71. The molecule has 0 amide bonds. The summed E-state index contributed by atoms with van der Waals surface area (Å²) >= 11 is 0. The third-order valence-electron chi connectivity index (χ3n) is 3.95. The van der Waals surface area contributed by atoms with Crippen LogP contribution in [0.4, 0.5) is 5.69 Å². The van der Waals surface area contributed by atoms with Crippen LogP contribution in [0.2, 0.25) is 0 Å². The molecule has 0 fully saturated rings. The molecule has 28 heavy (non-hydrogen) atoms. The van der Waals surface area contributed by atoms with Crippen LogP contribution in [0.3, 0.4) is 0 Å². The Kier molecular flexibility index (Phi) is 6.70. The summed E-state index contributed by atoms with van der Waals surface area (Å²) in [5.74, 6) is 7.08. The first kappa shape index (κ1) is 19.1. The van der Waals surface area contributed by atoms with E-state index < -0.39 is 6.04 Å². The Morgan fingerprint density at radius 2 is 1.57 bits per heavy atom. The molecule has 140 valence electrons. The van der Waals surface area contributed by atoms with Crippen LogP contribution in [-0.2, 0) is 4.79 Å².